The quantitative estimate of drug-likeness (QED) is 0.261. The van der Waals surface area contributed by atoms with Crippen molar-refractivity contribution in [2.45, 2.75) is 64.2 Å². The summed E-state index contributed by atoms with van der Waals surface area (Å²) in [6, 6.07) is 24.5. The third kappa shape index (κ3) is 3.93. The minimum atomic E-state index is 0.818. The van der Waals surface area contributed by atoms with Gasteiger partial charge in [-0.25, -0.2) is 0 Å². The summed E-state index contributed by atoms with van der Waals surface area (Å²) in [7, 11) is 0. The van der Waals surface area contributed by atoms with Crippen LogP contribution in [-0.4, -0.2) is 4.98 Å². The molecule has 0 unspecified atom stereocenters. The lowest BCUT2D eigenvalue weighted by Gasteiger charge is -2.21. The van der Waals surface area contributed by atoms with E-state index in [1.54, 1.807) is 0 Å². The summed E-state index contributed by atoms with van der Waals surface area (Å²) >= 11 is 0. The van der Waals surface area contributed by atoms with Crippen molar-refractivity contribution in [2.24, 2.45) is 5.92 Å². The van der Waals surface area contributed by atoms with E-state index in [4.69, 9.17) is 9.40 Å². The number of pyridine rings is 1. The first-order valence-electron chi connectivity index (χ1n) is 13.9. The summed E-state index contributed by atoms with van der Waals surface area (Å²) in [5.74, 6) is 0.818. The Morgan fingerprint density at radius 2 is 1.61 bits per heavy atom. The predicted octanol–water partition coefficient (Wildman–Crippen LogP) is 9.32. The molecular formula is C34H33NO. The summed E-state index contributed by atoms with van der Waals surface area (Å²) in [4.78, 5) is 4.78. The number of aryl methyl sites for hydroxylation is 1. The molecule has 180 valence electrons. The van der Waals surface area contributed by atoms with Gasteiger partial charge in [0.2, 0.25) is 0 Å². The van der Waals surface area contributed by atoms with E-state index in [1.807, 2.05) is 6.20 Å². The molecule has 7 rings (SSSR count). The number of aromatic nitrogens is 1. The lowest BCUT2D eigenvalue weighted by molar-refractivity contribution is 0.356. The lowest BCUT2D eigenvalue weighted by atomic mass is 9.85. The van der Waals surface area contributed by atoms with Crippen molar-refractivity contribution < 1.29 is 4.42 Å². The molecule has 2 aliphatic carbocycles. The standard InChI is InChI=1S/C34H33NO/c1-2-8-23(9-3-1)20-24-18-19-35-32(21-24)31-15-7-14-30-29-17-16-26(22-33(29)36-34(30)31)28-13-6-11-25-10-4-5-12-27(25)28/h6-7,11,13-19,21-23H,1-5,8-10,12,20H2. The van der Waals surface area contributed by atoms with Gasteiger partial charge in [-0.3, -0.25) is 4.98 Å². The zero-order chi connectivity index (χ0) is 23.9. The highest BCUT2D eigenvalue weighted by Gasteiger charge is 2.18. The number of fused-ring (bicyclic) bond motifs is 4. The second kappa shape index (κ2) is 9.24. The van der Waals surface area contributed by atoms with E-state index in [1.165, 1.54) is 96.4 Å². The highest BCUT2D eigenvalue weighted by molar-refractivity contribution is 6.10. The fraction of sp³-hybridized carbons (Fsp3) is 0.324. The van der Waals surface area contributed by atoms with Gasteiger partial charge in [0.1, 0.15) is 11.2 Å². The maximum Gasteiger partial charge on any atom is 0.144 e. The maximum absolute atomic E-state index is 6.59. The molecule has 0 saturated heterocycles. The molecule has 1 fully saturated rings. The van der Waals surface area contributed by atoms with Crippen LogP contribution in [-0.2, 0) is 19.3 Å². The molecule has 0 N–H and O–H groups in total. The van der Waals surface area contributed by atoms with Crippen molar-refractivity contribution in [3.8, 4) is 22.4 Å². The van der Waals surface area contributed by atoms with Crippen LogP contribution >= 0.6 is 0 Å². The molecule has 0 amide bonds. The Kier molecular flexibility index (Phi) is 5.61. The Bertz CT molecular complexity index is 1550. The van der Waals surface area contributed by atoms with Gasteiger partial charge in [-0.1, -0.05) is 68.5 Å². The molecule has 0 spiro atoms. The third-order valence-electron chi connectivity index (χ3n) is 8.56. The van der Waals surface area contributed by atoms with Crippen molar-refractivity contribution in [3.05, 3.63) is 89.6 Å². The molecule has 2 aromatic heterocycles. The topological polar surface area (TPSA) is 26.0 Å². The van der Waals surface area contributed by atoms with E-state index in [0.717, 1.165) is 34.8 Å². The number of para-hydroxylation sites is 1. The van der Waals surface area contributed by atoms with Crippen LogP contribution in [0.2, 0.25) is 0 Å². The van der Waals surface area contributed by atoms with Crippen molar-refractivity contribution in [1.29, 1.82) is 0 Å². The zero-order valence-electron chi connectivity index (χ0n) is 20.9. The van der Waals surface area contributed by atoms with E-state index in [9.17, 15) is 0 Å². The fourth-order valence-electron chi connectivity index (χ4n) is 6.69. The summed E-state index contributed by atoms with van der Waals surface area (Å²) in [5.41, 5.74) is 11.1. The van der Waals surface area contributed by atoms with Crippen molar-refractivity contribution in [1.82, 2.24) is 4.98 Å². The largest absolute Gasteiger partial charge is 0.455 e. The molecule has 0 bridgehead atoms. The number of rotatable bonds is 4. The Morgan fingerprint density at radius 1 is 0.750 bits per heavy atom. The Balaban J connectivity index is 1.29. The molecule has 2 aliphatic rings. The lowest BCUT2D eigenvalue weighted by Crippen LogP contribution is -2.09. The van der Waals surface area contributed by atoms with E-state index < -0.39 is 0 Å². The minimum absolute atomic E-state index is 0.818. The minimum Gasteiger partial charge on any atom is -0.455 e. The molecular weight excluding hydrogens is 438 g/mol. The Hall–Kier alpha value is -3.39. The Morgan fingerprint density at radius 3 is 2.56 bits per heavy atom. The molecule has 2 heteroatoms. The second-order valence-corrected chi connectivity index (χ2v) is 10.9. The first-order chi connectivity index (χ1) is 17.8. The first-order valence-corrected chi connectivity index (χ1v) is 13.9. The van der Waals surface area contributed by atoms with Crippen LogP contribution in [0.15, 0.2) is 77.3 Å². The average Bonchev–Trinajstić information content (AvgIpc) is 3.31. The highest BCUT2D eigenvalue weighted by atomic mass is 16.3. The highest BCUT2D eigenvalue weighted by Crippen LogP contribution is 2.39. The van der Waals surface area contributed by atoms with Gasteiger partial charge >= 0.3 is 0 Å². The molecule has 5 aromatic rings. The summed E-state index contributed by atoms with van der Waals surface area (Å²) < 4.78 is 6.59. The SMILES string of the molecule is c1cc2c(c(-c3ccc4c(c3)oc3c(-c5cc(CC6CCCCC6)ccn5)cccc34)c1)CCCC2. The van der Waals surface area contributed by atoms with E-state index in [-0.39, 0.29) is 0 Å². The number of benzene rings is 3. The van der Waals surface area contributed by atoms with Crippen LogP contribution in [0, 0.1) is 5.92 Å². The molecule has 0 aliphatic heterocycles. The number of hydrogen-bond donors (Lipinski definition) is 0. The number of furan rings is 1. The van der Waals surface area contributed by atoms with Gasteiger partial charge in [0, 0.05) is 22.5 Å². The monoisotopic (exact) mass is 471 g/mol. The Labute approximate surface area is 213 Å². The van der Waals surface area contributed by atoms with Gasteiger partial charge in [-0.2, -0.15) is 0 Å². The molecule has 2 heterocycles. The van der Waals surface area contributed by atoms with Crippen LogP contribution in [0.5, 0.6) is 0 Å². The fourth-order valence-corrected chi connectivity index (χ4v) is 6.69. The normalized spacial score (nSPS) is 16.4. The van der Waals surface area contributed by atoms with E-state index in [0.29, 0.717) is 0 Å². The second-order valence-electron chi connectivity index (χ2n) is 10.9. The molecule has 0 atom stereocenters. The van der Waals surface area contributed by atoms with Crippen molar-refractivity contribution >= 4 is 21.9 Å². The smallest absolute Gasteiger partial charge is 0.144 e. The third-order valence-corrected chi connectivity index (χ3v) is 8.56. The first kappa shape index (κ1) is 21.9. The van der Waals surface area contributed by atoms with Crippen LogP contribution in [0.25, 0.3) is 44.3 Å². The van der Waals surface area contributed by atoms with Crippen molar-refractivity contribution in [2.75, 3.05) is 0 Å². The molecule has 2 nitrogen and oxygen atoms in total. The van der Waals surface area contributed by atoms with Gasteiger partial charge in [-0.15, -0.1) is 0 Å². The van der Waals surface area contributed by atoms with Crippen LogP contribution in [0.4, 0.5) is 0 Å². The molecule has 36 heavy (non-hydrogen) atoms. The summed E-state index contributed by atoms with van der Waals surface area (Å²) in [6.07, 6.45) is 15.0. The molecule has 1 saturated carbocycles. The number of nitrogens with zero attached hydrogens (tertiary/aromatic N) is 1. The van der Waals surface area contributed by atoms with E-state index >= 15 is 0 Å². The van der Waals surface area contributed by atoms with E-state index in [2.05, 4.69) is 66.7 Å². The van der Waals surface area contributed by atoms with Crippen molar-refractivity contribution in [3.63, 3.8) is 0 Å². The zero-order valence-corrected chi connectivity index (χ0v) is 20.9. The van der Waals surface area contributed by atoms with Gasteiger partial charge in [0.25, 0.3) is 0 Å². The predicted molar refractivity (Wildman–Crippen MR) is 149 cm³/mol. The summed E-state index contributed by atoms with van der Waals surface area (Å²) in [5, 5.41) is 2.35. The average molecular weight is 472 g/mol. The van der Waals surface area contributed by atoms with Gasteiger partial charge in [0.05, 0.1) is 5.69 Å². The number of hydrogen-bond acceptors (Lipinski definition) is 2. The van der Waals surface area contributed by atoms with Crippen LogP contribution < -0.4 is 0 Å². The van der Waals surface area contributed by atoms with Crippen LogP contribution in [0.1, 0.15) is 61.6 Å². The molecule has 3 aromatic carbocycles. The van der Waals surface area contributed by atoms with Crippen LogP contribution in [0.3, 0.4) is 0 Å². The van der Waals surface area contributed by atoms with Gasteiger partial charge in [0.15, 0.2) is 0 Å². The molecule has 0 radical (unpaired) electrons. The summed E-state index contributed by atoms with van der Waals surface area (Å²) in [6.45, 7) is 0. The van der Waals surface area contributed by atoms with Gasteiger partial charge < -0.3 is 4.42 Å². The van der Waals surface area contributed by atoms with Gasteiger partial charge in [-0.05, 0) is 96.2 Å². The maximum atomic E-state index is 6.59.